The summed E-state index contributed by atoms with van der Waals surface area (Å²) in [6, 6.07) is 19.1. The predicted octanol–water partition coefficient (Wildman–Crippen LogP) is 5.56. The summed E-state index contributed by atoms with van der Waals surface area (Å²) in [5.41, 5.74) is 3.67. The number of aryl methyl sites for hydroxylation is 1. The maximum absolute atomic E-state index is 13.4. The zero-order valence-electron chi connectivity index (χ0n) is 20.9. The van der Waals surface area contributed by atoms with Crippen LogP contribution in [0.5, 0.6) is 0 Å². The van der Waals surface area contributed by atoms with Crippen LogP contribution in [0.25, 0.3) is 6.08 Å². The van der Waals surface area contributed by atoms with Gasteiger partial charge in [0.25, 0.3) is 5.91 Å². The number of carbonyl (C=O) groups is 2. The molecular formula is C30H36N2O2S. The van der Waals surface area contributed by atoms with E-state index in [1.807, 2.05) is 24.1 Å². The molecule has 2 aliphatic heterocycles. The first-order valence-electron chi connectivity index (χ1n) is 13.0. The molecule has 5 heteroatoms. The van der Waals surface area contributed by atoms with E-state index in [4.69, 9.17) is 0 Å². The highest BCUT2D eigenvalue weighted by Crippen LogP contribution is 2.43. The summed E-state index contributed by atoms with van der Waals surface area (Å²) in [7, 11) is 1.92. The number of benzene rings is 2. The van der Waals surface area contributed by atoms with Crippen molar-refractivity contribution in [3.05, 3.63) is 76.2 Å². The van der Waals surface area contributed by atoms with Crippen molar-refractivity contribution in [3.63, 3.8) is 0 Å². The largest absolute Gasteiger partial charge is 0.342 e. The molecule has 0 bridgehead atoms. The lowest BCUT2D eigenvalue weighted by molar-refractivity contribution is -0.140. The van der Waals surface area contributed by atoms with Crippen LogP contribution in [0.2, 0.25) is 0 Å². The normalized spacial score (nSPS) is 26.6. The summed E-state index contributed by atoms with van der Waals surface area (Å²) < 4.78 is 0. The minimum absolute atomic E-state index is 0.0417. The summed E-state index contributed by atoms with van der Waals surface area (Å²) >= 11 is 1.72. The third-order valence-electron chi connectivity index (χ3n) is 8.04. The van der Waals surface area contributed by atoms with E-state index in [-0.39, 0.29) is 17.9 Å². The van der Waals surface area contributed by atoms with Crippen molar-refractivity contribution in [1.82, 2.24) is 9.80 Å². The monoisotopic (exact) mass is 488 g/mol. The molecule has 3 unspecified atom stereocenters. The second-order valence-electron chi connectivity index (χ2n) is 10.5. The van der Waals surface area contributed by atoms with E-state index >= 15 is 0 Å². The van der Waals surface area contributed by atoms with Gasteiger partial charge in [0.05, 0.1) is 4.91 Å². The Bertz CT molecular complexity index is 1090. The van der Waals surface area contributed by atoms with E-state index in [0.29, 0.717) is 17.1 Å². The maximum Gasteiger partial charge on any atom is 0.260 e. The molecule has 2 aromatic rings. The minimum Gasteiger partial charge on any atom is -0.342 e. The third kappa shape index (κ3) is 5.50. The molecule has 2 aromatic carbocycles. The third-order valence-corrected chi connectivity index (χ3v) is 9.44. The fourth-order valence-corrected chi connectivity index (χ4v) is 7.48. The second-order valence-corrected chi connectivity index (χ2v) is 11.8. The molecule has 3 atom stereocenters. The van der Waals surface area contributed by atoms with Crippen LogP contribution in [0.3, 0.4) is 0 Å². The zero-order chi connectivity index (χ0) is 24.4. The summed E-state index contributed by atoms with van der Waals surface area (Å²) in [6.45, 7) is 3.81. The van der Waals surface area contributed by atoms with Crippen LogP contribution < -0.4 is 0 Å². The highest BCUT2D eigenvalue weighted by atomic mass is 32.2. The first kappa shape index (κ1) is 24.2. The zero-order valence-corrected chi connectivity index (χ0v) is 21.7. The van der Waals surface area contributed by atoms with Crippen molar-refractivity contribution in [3.8, 4) is 0 Å². The van der Waals surface area contributed by atoms with Gasteiger partial charge in [-0.2, -0.15) is 0 Å². The highest BCUT2D eigenvalue weighted by Gasteiger charge is 2.43. The number of nitrogens with zero attached hydrogens (tertiary/aromatic N) is 2. The molecule has 0 spiro atoms. The van der Waals surface area contributed by atoms with Gasteiger partial charge >= 0.3 is 0 Å². The Kier molecular flexibility index (Phi) is 7.33. The van der Waals surface area contributed by atoms with Crippen LogP contribution >= 0.6 is 11.8 Å². The number of rotatable bonds is 4. The quantitative estimate of drug-likeness (QED) is 0.529. The lowest BCUT2D eigenvalue weighted by Crippen LogP contribution is -2.53. The molecular weight excluding hydrogens is 452 g/mol. The molecule has 5 rings (SSSR count). The number of thioether (sulfide) groups is 1. The molecule has 4 nitrogen and oxygen atoms in total. The molecule has 2 saturated heterocycles. The van der Waals surface area contributed by atoms with Crippen molar-refractivity contribution in [1.29, 1.82) is 0 Å². The van der Waals surface area contributed by atoms with Gasteiger partial charge in [0.2, 0.25) is 5.91 Å². The Balaban J connectivity index is 1.17. The summed E-state index contributed by atoms with van der Waals surface area (Å²) in [5, 5.41) is 0.370. The molecule has 0 radical (unpaired) electrons. The van der Waals surface area contributed by atoms with Gasteiger partial charge in [-0.3, -0.25) is 9.59 Å². The van der Waals surface area contributed by atoms with Crippen LogP contribution in [-0.4, -0.2) is 53.0 Å². The van der Waals surface area contributed by atoms with E-state index in [9.17, 15) is 9.59 Å². The lowest BCUT2D eigenvalue weighted by Gasteiger charge is -2.45. The van der Waals surface area contributed by atoms with Gasteiger partial charge in [-0.25, -0.2) is 0 Å². The van der Waals surface area contributed by atoms with Gasteiger partial charge in [0.1, 0.15) is 0 Å². The Morgan fingerprint density at radius 1 is 1.03 bits per heavy atom. The van der Waals surface area contributed by atoms with E-state index in [0.717, 1.165) is 62.1 Å². The number of piperidine rings is 1. The van der Waals surface area contributed by atoms with E-state index < -0.39 is 0 Å². The molecule has 184 valence electrons. The van der Waals surface area contributed by atoms with E-state index in [2.05, 4.69) is 60.4 Å². The minimum atomic E-state index is 0.0417. The molecule has 0 aromatic heterocycles. The van der Waals surface area contributed by atoms with Gasteiger partial charge < -0.3 is 9.80 Å². The van der Waals surface area contributed by atoms with Crippen LogP contribution in [0.4, 0.5) is 0 Å². The van der Waals surface area contributed by atoms with Crippen molar-refractivity contribution < 1.29 is 9.59 Å². The van der Waals surface area contributed by atoms with Crippen molar-refractivity contribution in [2.45, 2.75) is 56.7 Å². The van der Waals surface area contributed by atoms with E-state index in [1.165, 1.54) is 11.1 Å². The molecule has 2 heterocycles. The first-order chi connectivity index (χ1) is 17.0. The standard InChI is InChI=1S/C30H36N2O2S/c1-21-7-6-10-24(17-21)19-28-30(34)31(2)26-20-25(11-12-27(26)35-28)29(33)32-15-13-23(14-16-32)18-22-8-4-3-5-9-22/h3-10,17,19,23,25-27H,11-16,18,20H2,1-2H3/b28-19-. The summed E-state index contributed by atoms with van der Waals surface area (Å²) in [6.07, 6.45) is 8.01. The Hall–Kier alpha value is -2.53. The summed E-state index contributed by atoms with van der Waals surface area (Å²) in [5.74, 6) is 1.11. The van der Waals surface area contributed by atoms with Crippen molar-refractivity contribution >= 4 is 29.7 Å². The number of likely N-dealkylation sites (N-methyl/N-ethyl adjacent to an activating group) is 1. The first-order valence-corrected chi connectivity index (χ1v) is 13.9. The molecule has 1 saturated carbocycles. The SMILES string of the molecule is Cc1cccc(/C=C2\SC3CCC(C(=O)N4CCC(Cc5ccccc5)CC4)CC3N(C)C2=O)c1. The Morgan fingerprint density at radius 3 is 2.54 bits per heavy atom. The number of hydrogen-bond donors (Lipinski definition) is 0. The number of fused-ring (bicyclic) bond motifs is 1. The fourth-order valence-electron chi connectivity index (χ4n) is 6.00. The molecule has 1 aliphatic carbocycles. The highest BCUT2D eigenvalue weighted by molar-refractivity contribution is 8.04. The van der Waals surface area contributed by atoms with Gasteiger partial charge in [0, 0.05) is 37.3 Å². The Labute approximate surface area is 213 Å². The molecule has 3 aliphatic rings. The van der Waals surface area contributed by atoms with Crippen LogP contribution in [-0.2, 0) is 16.0 Å². The molecule has 3 fully saturated rings. The fraction of sp³-hybridized carbons (Fsp3) is 0.467. The average molecular weight is 489 g/mol. The van der Waals surface area contributed by atoms with Gasteiger partial charge in [-0.05, 0) is 68.6 Å². The maximum atomic E-state index is 13.4. The van der Waals surface area contributed by atoms with Crippen molar-refractivity contribution in [2.24, 2.45) is 11.8 Å². The number of likely N-dealkylation sites (tertiary alicyclic amines) is 1. The number of amides is 2. The van der Waals surface area contributed by atoms with Crippen LogP contribution in [0, 0.1) is 18.8 Å². The van der Waals surface area contributed by atoms with Gasteiger partial charge in [0.15, 0.2) is 0 Å². The second kappa shape index (κ2) is 10.6. The Morgan fingerprint density at radius 2 is 1.80 bits per heavy atom. The van der Waals surface area contributed by atoms with Gasteiger partial charge in [-0.15, -0.1) is 11.8 Å². The predicted molar refractivity (Wildman–Crippen MR) is 144 cm³/mol. The topological polar surface area (TPSA) is 40.6 Å². The van der Waals surface area contributed by atoms with Crippen LogP contribution in [0.15, 0.2) is 59.5 Å². The smallest absolute Gasteiger partial charge is 0.260 e. The molecule has 0 N–H and O–H groups in total. The average Bonchev–Trinajstić information content (AvgIpc) is 2.88. The van der Waals surface area contributed by atoms with Crippen LogP contribution in [0.1, 0.15) is 48.8 Å². The molecule has 35 heavy (non-hydrogen) atoms. The summed E-state index contributed by atoms with van der Waals surface area (Å²) in [4.78, 5) is 31.4. The van der Waals surface area contributed by atoms with Crippen molar-refractivity contribution in [2.75, 3.05) is 20.1 Å². The lowest BCUT2D eigenvalue weighted by atomic mass is 9.82. The number of hydrogen-bond acceptors (Lipinski definition) is 3. The van der Waals surface area contributed by atoms with Gasteiger partial charge in [-0.1, -0.05) is 60.2 Å². The van der Waals surface area contributed by atoms with E-state index in [1.54, 1.807) is 11.8 Å². The number of carbonyl (C=O) groups excluding carboxylic acids is 2. The molecule has 2 amide bonds.